The van der Waals surface area contributed by atoms with Crippen LogP contribution in [0.1, 0.15) is 141 Å². The van der Waals surface area contributed by atoms with E-state index in [1.807, 2.05) is 71.0 Å². The average molecular weight is 1760 g/mol. The highest BCUT2D eigenvalue weighted by atomic mass is 16.5. The minimum atomic E-state index is -0.396. The van der Waals surface area contributed by atoms with Gasteiger partial charge in [-0.1, -0.05) is 39.8 Å². The number of ketones is 4. The lowest BCUT2D eigenvalue weighted by atomic mass is 10.1. The van der Waals surface area contributed by atoms with E-state index in [0.29, 0.717) is 186 Å². The van der Waals surface area contributed by atoms with E-state index in [1.54, 1.807) is 181 Å². The summed E-state index contributed by atoms with van der Waals surface area (Å²) in [6.07, 6.45) is 20.3. The average Bonchev–Trinajstić information content (AvgIpc) is 1.79. The molecule has 129 heavy (non-hydrogen) atoms. The molecule has 1 saturated carbocycles. The van der Waals surface area contributed by atoms with E-state index in [4.69, 9.17) is 18.9 Å². The fourth-order valence-corrected chi connectivity index (χ4v) is 12.5. The summed E-state index contributed by atoms with van der Waals surface area (Å²) in [7, 11) is 13.3. The van der Waals surface area contributed by atoms with Crippen molar-refractivity contribution >= 4 is 116 Å². The van der Waals surface area contributed by atoms with Crippen molar-refractivity contribution in [3.8, 4) is 68.5 Å². The maximum Gasteiger partial charge on any atom is 0.320 e. The molecule has 42 heteroatoms. The molecule has 11 N–H and O–H groups in total. The Balaban J connectivity index is 0.000000166. The molecule has 0 saturated heterocycles. The van der Waals surface area contributed by atoms with Crippen LogP contribution in [0.15, 0.2) is 148 Å². The number of carbonyl (C=O) groups excluding carboxylic acids is 7. The molecule has 1 aromatic carbocycles. The standard InChI is InChI=1S/C23H24N8O2.C22H27N7O3.C21H24N8O3.C21H26N8O3/c1-5-18(32)16-12-25-20(29-19-8-6-7-14(2)27-19)11-17(16)28-23-21(33-4)15(9-10-24-23)22-26-13-31(3)30-22;1-6-18(30)15-11-23-19(27-22(31)25-13(2)3)10-17(15)26-16-9-7-8-14(20(16)32-5)21-24-12-29(4)28-21;1-4-16(30)14-10-23-17(27-21(31)25-12-5-6-12)9-15(14)26-20-18(32-3)13(7-8-22-20)19-24-11-29(2)28-19;1-6-16(30)14-10-23-17(27-21(31)25-12(2)3)9-15(14)26-20-18(32-5)13(7-8-22-20)19-24-11-29(4)28-19/h6-13H,5H2,1-4H3,(H2,24,25,27,28,29);7-13H,6H2,1-5H3,(H3,23,25,26,27,31);7-12H,4-6H2,1-3H3,(H3,22,23,25,26,27,31);7-12H,6H2,1-5H3,(H3,22,23,25,26,27,31). The third-order valence-electron chi connectivity index (χ3n) is 18.7. The first-order valence-corrected chi connectivity index (χ1v) is 40.9. The van der Waals surface area contributed by atoms with E-state index in [0.717, 1.165) is 18.5 Å². The van der Waals surface area contributed by atoms with Gasteiger partial charge in [-0.05, 0) is 89.9 Å². The van der Waals surface area contributed by atoms with Crippen LogP contribution < -0.4 is 77.4 Å². The molecule has 14 rings (SSSR count). The number of Topliss-reactive ketones (excluding diaryl/α,β-unsaturated/α-hetero) is 4. The largest absolute Gasteiger partial charge is 0.494 e. The smallest absolute Gasteiger partial charge is 0.320 e. The van der Waals surface area contributed by atoms with Gasteiger partial charge in [0.2, 0.25) is 0 Å². The number of aryl methyl sites for hydroxylation is 5. The van der Waals surface area contributed by atoms with Crippen LogP contribution in [-0.4, -0.2) is 187 Å². The Bertz CT molecular complexity index is 5770. The Morgan fingerprint density at radius 1 is 0.372 bits per heavy atom. The van der Waals surface area contributed by atoms with Gasteiger partial charge in [-0.25, -0.2) is 74.2 Å². The van der Waals surface area contributed by atoms with Crippen molar-refractivity contribution in [2.75, 3.05) is 71.0 Å². The molecule has 1 fully saturated rings. The lowest BCUT2D eigenvalue weighted by Crippen LogP contribution is -2.34. The number of nitrogens with zero attached hydrogens (tertiary/aromatic N) is 20. The molecule has 0 bridgehead atoms. The maximum atomic E-state index is 12.6. The van der Waals surface area contributed by atoms with Crippen LogP contribution in [0.2, 0.25) is 0 Å². The molecule has 1 aliphatic carbocycles. The number of methoxy groups -OCH3 is 4. The zero-order valence-corrected chi connectivity index (χ0v) is 74.3. The number of pyridine rings is 8. The molecule has 0 aliphatic heterocycles. The zero-order chi connectivity index (χ0) is 92.5. The third kappa shape index (κ3) is 24.8. The van der Waals surface area contributed by atoms with Crippen molar-refractivity contribution in [3.63, 3.8) is 0 Å². The number of benzene rings is 1. The third-order valence-corrected chi connectivity index (χ3v) is 18.7. The topological polar surface area (TPSA) is 515 Å². The van der Waals surface area contributed by atoms with Gasteiger partial charge in [-0.2, -0.15) is 20.4 Å². The van der Waals surface area contributed by atoms with Crippen LogP contribution >= 0.6 is 0 Å². The quantitative estimate of drug-likeness (QED) is 0.0174. The summed E-state index contributed by atoms with van der Waals surface area (Å²) in [6, 6.07) is 22.0. The van der Waals surface area contributed by atoms with Crippen molar-refractivity contribution in [1.29, 1.82) is 0 Å². The second kappa shape index (κ2) is 43.8. The Morgan fingerprint density at radius 2 is 0.698 bits per heavy atom. The number of ether oxygens (including phenoxy) is 4. The first-order chi connectivity index (χ1) is 62.1. The van der Waals surface area contributed by atoms with E-state index < -0.39 is 6.03 Å². The van der Waals surface area contributed by atoms with Crippen LogP contribution in [0.25, 0.3) is 45.6 Å². The highest BCUT2D eigenvalue weighted by molar-refractivity contribution is 6.06. The highest BCUT2D eigenvalue weighted by Crippen LogP contribution is 2.42. The van der Waals surface area contributed by atoms with Gasteiger partial charge in [0.1, 0.15) is 54.4 Å². The van der Waals surface area contributed by atoms with Crippen LogP contribution in [-0.2, 0) is 28.2 Å². The van der Waals surface area contributed by atoms with Gasteiger partial charge in [0.25, 0.3) is 0 Å². The Labute approximate surface area is 742 Å². The molecule has 0 atom stereocenters. The number of para-hydroxylation sites is 1. The fourth-order valence-electron chi connectivity index (χ4n) is 12.5. The van der Waals surface area contributed by atoms with E-state index in [9.17, 15) is 33.6 Å². The second-order valence-electron chi connectivity index (χ2n) is 29.3. The normalized spacial score (nSPS) is 11.2. The zero-order valence-electron chi connectivity index (χ0n) is 74.3. The summed E-state index contributed by atoms with van der Waals surface area (Å²) < 4.78 is 28.9. The van der Waals surface area contributed by atoms with Gasteiger partial charge in [0.15, 0.2) is 86.9 Å². The van der Waals surface area contributed by atoms with Crippen molar-refractivity contribution in [2.45, 2.75) is 119 Å². The molecule has 12 heterocycles. The number of hydrogen-bond acceptors (Lipinski definition) is 32. The molecule has 6 amide bonds. The number of nitrogens with one attached hydrogen (secondary N) is 11. The van der Waals surface area contributed by atoms with Gasteiger partial charge < -0.3 is 61.5 Å². The van der Waals surface area contributed by atoms with Crippen molar-refractivity contribution in [3.05, 3.63) is 175 Å². The number of urea groups is 3. The lowest BCUT2D eigenvalue weighted by Gasteiger charge is -2.17. The summed E-state index contributed by atoms with van der Waals surface area (Å²) in [6.45, 7) is 16.5. The maximum absolute atomic E-state index is 12.6. The molecule has 670 valence electrons. The summed E-state index contributed by atoms with van der Waals surface area (Å²) >= 11 is 0. The lowest BCUT2D eigenvalue weighted by molar-refractivity contribution is 0.0980. The molecule has 42 nitrogen and oxygen atoms in total. The summed E-state index contributed by atoms with van der Waals surface area (Å²) in [5, 5.41) is 49.7. The number of carbonyl (C=O) groups is 7. The van der Waals surface area contributed by atoms with Crippen LogP contribution in [0.4, 0.5) is 89.4 Å². The van der Waals surface area contributed by atoms with Crippen molar-refractivity contribution in [1.82, 2.24) is 115 Å². The van der Waals surface area contributed by atoms with Crippen LogP contribution in [0.3, 0.4) is 0 Å². The first-order valence-electron chi connectivity index (χ1n) is 40.9. The van der Waals surface area contributed by atoms with E-state index in [-0.39, 0.29) is 59.1 Å². The van der Waals surface area contributed by atoms with Gasteiger partial charge >= 0.3 is 18.1 Å². The second-order valence-corrected chi connectivity index (χ2v) is 29.3. The molecule has 1 aliphatic rings. The molecule has 12 aromatic heterocycles. The van der Waals surface area contributed by atoms with E-state index in [2.05, 4.69) is 139 Å². The Morgan fingerprint density at radius 3 is 1.02 bits per heavy atom. The van der Waals surface area contributed by atoms with Gasteiger partial charge in [-0.15, -0.1) is 0 Å². The molecule has 0 radical (unpaired) electrons. The van der Waals surface area contributed by atoms with Gasteiger partial charge in [0, 0.05) is 145 Å². The van der Waals surface area contributed by atoms with Gasteiger partial charge in [-0.3, -0.25) is 53.9 Å². The van der Waals surface area contributed by atoms with Gasteiger partial charge in [0.05, 0.1) is 101 Å². The number of anilines is 13. The van der Waals surface area contributed by atoms with E-state index >= 15 is 0 Å². The predicted molar refractivity (Wildman–Crippen MR) is 486 cm³/mol. The van der Waals surface area contributed by atoms with Crippen molar-refractivity contribution in [2.24, 2.45) is 28.2 Å². The van der Waals surface area contributed by atoms with Crippen LogP contribution in [0, 0.1) is 6.92 Å². The molecule has 13 aromatic rings. The van der Waals surface area contributed by atoms with E-state index in [1.165, 1.54) is 32.8 Å². The molecular formula is C87H101N31O11. The number of amides is 6. The molecular weight excluding hydrogens is 1660 g/mol. The monoisotopic (exact) mass is 1760 g/mol. The minimum Gasteiger partial charge on any atom is -0.494 e. The minimum absolute atomic E-state index is 0.0271. The van der Waals surface area contributed by atoms with Crippen LogP contribution in [0.5, 0.6) is 23.0 Å². The Hall–Kier alpha value is -16.3. The number of hydrogen-bond donors (Lipinski definition) is 11. The fraction of sp³-hybridized carbons (Fsp3) is 0.299. The van der Waals surface area contributed by atoms with Crippen molar-refractivity contribution < 1.29 is 52.5 Å². The summed E-state index contributed by atoms with van der Waals surface area (Å²) in [4.78, 5) is 138. The predicted octanol–water partition coefficient (Wildman–Crippen LogP) is 13.9. The summed E-state index contributed by atoms with van der Waals surface area (Å²) in [5.41, 5.74) is 7.68. The summed E-state index contributed by atoms with van der Waals surface area (Å²) in [5.74, 6) is 6.70. The Kier molecular flexibility index (Phi) is 31.7. The highest BCUT2D eigenvalue weighted by Gasteiger charge is 2.27. The number of rotatable bonds is 32. The first kappa shape index (κ1) is 93.4. The SMILES string of the molecule is CCC(=O)c1cnc(NC(=O)NC(C)C)cc1Nc1cccc(-c2ncn(C)n2)c1OC.CCC(=O)c1cnc(NC(=O)NC(C)C)cc1Nc1nccc(-c2ncn(C)n2)c1OC.CCC(=O)c1cnc(NC(=O)NC2CC2)cc1Nc1nccc(-c2ncn(C)n2)c1OC.CCC(=O)c1cnc(Nc2cccc(C)n2)cc1Nc1nccc(-c2ncn(C)n2)c1OC. The number of aromatic nitrogens is 20. The molecule has 0 unspecified atom stereocenters. The molecule has 0 spiro atoms.